The van der Waals surface area contributed by atoms with Gasteiger partial charge in [-0.25, -0.2) is 4.68 Å². The second-order valence-electron chi connectivity index (χ2n) is 5.73. The summed E-state index contributed by atoms with van der Waals surface area (Å²) in [6, 6.07) is 9.11. The first-order valence-corrected chi connectivity index (χ1v) is 6.76. The van der Waals surface area contributed by atoms with Crippen LogP contribution in [0, 0.1) is 5.41 Å². The molecule has 1 heterocycles. The zero-order valence-corrected chi connectivity index (χ0v) is 11.5. The van der Waals surface area contributed by atoms with Crippen LogP contribution >= 0.6 is 0 Å². The molecule has 0 aliphatic heterocycles. The molecule has 3 N–H and O–H groups in total. The molecule has 1 fully saturated rings. The van der Waals surface area contributed by atoms with Gasteiger partial charge in [0.1, 0.15) is 0 Å². The largest absolute Gasteiger partial charge is 0.399 e. The Balaban J connectivity index is 1.71. The average molecular weight is 270 g/mol. The molecule has 1 amide bonds. The van der Waals surface area contributed by atoms with Gasteiger partial charge in [0.2, 0.25) is 0 Å². The van der Waals surface area contributed by atoms with Gasteiger partial charge in [0.25, 0.3) is 5.91 Å². The molecule has 1 aromatic carbocycles. The number of aromatic nitrogens is 2. The van der Waals surface area contributed by atoms with Crippen molar-refractivity contribution in [3.63, 3.8) is 0 Å². The Labute approximate surface area is 117 Å². The van der Waals surface area contributed by atoms with E-state index in [0.717, 1.165) is 12.2 Å². The number of nitrogens with one attached hydrogen (secondary N) is 1. The smallest absolute Gasteiger partial charge is 0.271 e. The van der Waals surface area contributed by atoms with Crippen molar-refractivity contribution >= 4 is 11.6 Å². The fourth-order valence-electron chi connectivity index (χ4n) is 2.03. The summed E-state index contributed by atoms with van der Waals surface area (Å²) in [5.41, 5.74) is 7.99. The van der Waals surface area contributed by atoms with Gasteiger partial charge in [-0.2, -0.15) is 5.10 Å². The maximum atomic E-state index is 12.0. The lowest BCUT2D eigenvalue weighted by atomic mass is 10.1. The summed E-state index contributed by atoms with van der Waals surface area (Å²) < 4.78 is 1.66. The number of nitrogens with two attached hydrogens (primary N) is 1. The summed E-state index contributed by atoms with van der Waals surface area (Å²) in [6.45, 7) is 2.90. The number of amides is 1. The lowest BCUT2D eigenvalue weighted by molar-refractivity contribution is 0.0940. The highest BCUT2D eigenvalue weighted by molar-refractivity contribution is 5.92. The molecule has 5 nitrogen and oxygen atoms in total. The van der Waals surface area contributed by atoms with E-state index in [9.17, 15) is 4.79 Å². The maximum absolute atomic E-state index is 12.0. The molecule has 1 aromatic heterocycles. The van der Waals surface area contributed by atoms with E-state index in [1.807, 2.05) is 24.3 Å². The molecular weight excluding hydrogens is 252 g/mol. The number of carbonyl (C=O) groups is 1. The number of rotatable bonds is 4. The minimum atomic E-state index is -0.124. The standard InChI is InChI=1S/C15H18N4O/c1-15(6-7-15)10-17-14(20)13-5-8-19(18-13)12-4-2-3-11(16)9-12/h2-5,8-9H,6-7,10,16H2,1H3,(H,17,20). The van der Waals surface area contributed by atoms with E-state index in [2.05, 4.69) is 17.3 Å². The van der Waals surface area contributed by atoms with E-state index in [1.54, 1.807) is 16.9 Å². The van der Waals surface area contributed by atoms with Crippen LogP contribution < -0.4 is 11.1 Å². The van der Waals surface area contributed by atoms with Gasteiger partial charge >= 0.3 is 0 Å². The highest BCUT2D eigenvalue weighted by atomic mass is 16.1. The molecule has 1 aliphatic rings. The second kappa shape index (κ2) is 4.67. The van der Waals surface area contributed by atoms with Gasteiger partial charge in [-0.1, -0.05) is 13.0 Å². The van der Waals surface area contributed by atoms with Crippen molar-refractivity contribution in [3.8, 4) is 5.69 Å². The molecule has 0 atom stereocenters. The SMILES string of the molecule is CC1(CNC(=O)c2ccn(-c3cccc(N)c3)n2)CC1. The summed E-state index contributed by atoms with van der Waals surface area (Å²) in [7, 11) is 0. The number of hydrogen-bond donors (Lipinski definition) is 2. The van der Waals surface area contributed by atoms with Crippen molar-refractivity contribution in [2.24, 2.45) is 5.41 Å². The predicted molar refractivity (Wildman–Crippen MR) is 77.7 cm³/mol. The molecule has 0 spiro atoms. The van der Waals surface area contributed by atoms with Crippen molar-refractivity contribution in [2.45, 2.75) is 19.8 Å². The average Bonchev–Trinajstić information content (AvgIpc) is 2.98. The monoisotopic (exact) mass is 270 g/mol. The molecule has 5 heteroatoms. The third-order valence-electron chi connectivity index (χ3n) is 3.74. The van der Waals surface area contributed by atoms with Crippen LogP contribution in [0.25, 0.3) is 5.69 Å². The summed E-state index contributed by atoms with van der Waals surface area (Å²) >= 11 is 0. The molecule has 1 saturated carbocycles. The Kier molecular flexibility index (Phi) is 2.97. The first-order chi connectivity index (χ1) is 9.56. The van der Waals surface area contributed by atoms with Crippen LogP contribution in [-0.2, 0) is 0 Å². The minimum Gasteiger partial charge on any atom is -0.399 e. The Morgan fingerprint density at radius 2 is 2.25 bits per heavy atom. The van der Waals surface area contributed by atoms with Gasteiger partial charge in [-0.3, -0.25) is 4.79 Å². The van der Waals surface area contributed by atoms with Crippen LogP contribution in [-0.4, -0.2) is 22.2 Å². The molecular formula is C15H18N4O. The highest BCUT2D eigenvalue weighted by Gasteiger charge is 2.37. The minimum absolute atomic E-state index is 0.124. The fraction of sp³-hybridized carbons (Fsp3) is 0.333. The Hall–Kier alpha value is -2.30. The molecule has 3 rings (SSSR count). The summed E-state index contributed by atoms with van der Waals surface area (Å²) in [6.07, 6.45) is 4.14. The van der Waals surface area contributed by atoms with Gasteiger partial charge in [-0.05, 0) is 42.5 Å². The van der Waals surface area contributed by atoms with E-state index in [4.69, 9.17) is 5.73 Å². The molecule has 1 aliphatic carbocycles. The summed E-state index contributed by atoms with van der Waals surface area (Å²) in [5.74, 6) is -0.124. The van der Waals surface area contributed by atoms with Crippen LogP contribution in [0.3, 0.4) is 0 Å². The van der Waals surface area contributed by atoms with Crippen LogP contribution in [0.5, 0.6) is 0 Å². The predicted octanol–water partition coefficient (Wildman–Crippen LogP) is 1.98. The van der Waals surface area contributed by atoms with Crippen molar-refractivity contribution < 1.29 is 4.79 Å². The lowest BCUT2D eigenvalue weighted by Gasteiger charge is -2.08. The third-order valence-corrected chi connectivity index (χ3v) is 3.74. The highest BCUT2D eigenvalue weighted by Crippen LogP contribution is 2.44. The van der Waals surface area contributed by atoms with E-state index >= 15 is 0 Å². The maximum Gasteiger partial charge on any atom is 0.271 e. The molecule has 0 unspecified atom stereocenters. The van der Waals surface area contributed by atoms with Crippen molar-refractivity contribution in [1.82, 2.24) is 15.1 Å². The lowest BCUT2D eigenvalue weighted by Crippen LogP contribution is -2.29. The summed E-state index contributed by atoms with van der Waals surface area (Å²) in [5, 5.41) is 7.23. The quantitative estimate of drug-likeness (QED) is 0.834. The number of benzene rings is 1. The number of nitrogen functional groups attached to an aromatic ring is 1. The Bertz CT molecular complexity index is 643. The Morgan fingerprint density at radius 3 is 2.95 bits per heavy atom. The van der Waals surface area contributed by atoms with Gasteiger partial charge in [0.05, 0.1) is 5.69 Å². The topological polar surface area (TPSA) is 72.9 Å². The normalized spacial score (nSPS) is 15.8. The van der Waals surface area contributed by atoms with Crippen LogP contribution in [0.1, 0.15) is 30.3 Å². The molecule has 20 heavy (non-hydrogen) atoms. The third kappa shape index (κ3) is 2.66. The van der Waals surface area contributed by atoms with Crippen LogP contribution in [0.4, 0.5) is 5.69 Å². The fourth-order valence-corrected chi connectivity index (χ4v) is 2.03. The van der Waals surface area contributed by atoms with Crippen molar-refractivity contribution in [2.75, 3.05) is 12.3 Å². The second-order valence-corrected chi connectivity index (χ2v) is 5.73. The van der Waals surface area contributed by atoms with Crippen molar-refractivity contribution in [1.29, 1.82) is 0 Å². The van der Waals surface area contributed by atoms with Crippen LogP contribution in [0.15, 0.2) is 36.5 Å². The number of carbonyl (C=O) groups excluding carboxylic acids is 1. The van der Waals surface area contributed by atoms with E-state index in [0.29, 0.717) is 16.8 Å². The molecule has 104 valence electrons. The van der Waals surface area contributed by atoms with Crippen molar-refractivity contribution in [3.05, 3.63) is 42.2 Å². The van der Waals surface area contributed by atoms with Crippen LogP contribution in [0.2, 0.25) is 0 Å². The zero-order valence-electron chi connectivity index (χ0n) is 11.5. The summed E-state index contributed by atoms with van der Waals surface area (Å²) in [4.78, 5) is 12.0. The number of anilines is 1. The number of hydrogen-bond acceptors (Lipinski definition) is 3. The Morgan fingerprint density at radius 1 is 1.45 bits per heavy atom. The molecule has 0 radical (unpaired) electrons. The first kappa shape index (κ1) is 12.7. The van der Waals surface area contributed by atoms with E-state index < -0.39 is 0 Å². The molecule has 2 aromatic rings. The first-order valence-electron chi connectivity index (χ1n) is 6.76. The zero-order chi connectivity index (χ0) is 14.2. The van der Waals surface area contributed by atoms with E-state index in [-0.39, 0.29) is 5.91 Å². The molecule has 0 bridgehead atoms. The number of nitrogens with zero attached hydrogens (tertiary/aromatic N) is 2. The van der Waals surface area contributed by atoms with Gasteiger partial charge in [-0.15, -0.1) is 0 Å². The van der Waals surface area contributed by atoms with Gasteiger partial charge in [0, 0.05) is 18.4 Å². The van der Waals surface area contributed by atoms with E-state index in [1.165, 1.54) is 12.8 Å². The van der Waals surface area contributed by atoms with Gasteiger partial charge < -0.3 is 11.1 Å². The van der Waals surface area contributed by atoms with Gasteiger partial charge in [0.15, 0.2) is 5.69 Å². The molecule has 0 saturated heterocycles.